The first-order valence-corrected chi connectivity index (χ1v) is 11.4. The van der Waals surface area contributed by atoms with E-state index in [4.69, 9.17) is 27.6 Å². The first kappa shape index (κ1) is 21.2. The summed E-state index contributed by atoms with van der Waals surface area (Å²) in [5, 5.41) is 18.6. The number of allylic oxidation sites excluding steroid dienone is 1. The van der Waals surface area contributed by atoms with Gasteiger partial charge in [-0.15, -0.1) is 11.3 Å². The predicted octanol–water partition coefficient (Wildman–Crippen LogP) is 7.35. The highest BCUT2D eigenvalue weighted by atomic mass is 35.5. The molecule has 5 aromatic rings. The number of hydrogen-bond acceptors (Lipinski definition) is 6. The standard InChI is InChI=1S/C25H13Cl2N3O2S/c26-16-6-7-21(20(27)9-16)29-12-15(11-28)24-30-22(13-33-24)19-10-18-17-4-2-1-3-14(17)5-8-23(18)32-25(19)31/h1-10,12-13,29H. The fraction of sp³-hybridized carbons (Fsp3) is 0. The van der Waals surface area contributed by atoms with Crippen LogP contribution >= 0.6 is 34.5 Å². The lowest BCUT2D eigenvalue weighted by Gasteiger charge is -2.05. The maximum atomic E-state index is 12.7. The molecule has 0 aliphatic carbocycles. The molecule has 0 fully saturated rings. The number of rotatable bonds is 4. The number of anilines is 1. The van der Waals surface area contributed by atoms with Gasteiger partial charge in [-0.2, -0.15) is 5.26 Å². The smallest absolute Gasteiger partial charge is 0.345 e. The number of benzene rings is 3. The molecule has 8 heteroatoms. The molecule has 1 N–H and O–H groups in total. The lowest BCUT2D eigenvalue weighted by atomic mass is 10.0. The van der Waals surface area contributed by atoms with Gasteiger partial charge >= 0.3 is 5.63 Å². The van der Waals surface area contributed by atoms with Crippen molar-refractivity contribution < 1.29 is 4.42 Å². The van der Waals surface area contributed by atoms with Crippen LogP contribution < -0.4 is 10.9 Å². The minimum absolute atomic E-state index is 0.299. The summed E-state index contributed by atoms with van der Waals surface area (Å²) in [4.78, 5) is 17.2. The van der Waals surface area contributed by atoms with Crippen molar-refractivity contribution >= 4 is 67.5 Å². The summed E-state index contributed by atoms with van der Waals surface area (Å²) in [6.07, 6.45) is 1.52. The van der Waals surface area contributed by atoms with Crippen LogP contribution in [0.3, 0.4) is 0 Å². The summed E-state index contributed by atoms with van der Waals surface area (Å²) in [7, 11) is 0. The molecule has 0 aliphatic rings. The number of aromatic nitrogens is 1. The summed E-state index contributed by atoms with van der Waals surface area (Å²) in [5.41, 5.74) is 1.72. The van der Waals surface area contributed by atoms with E-state index in [9.17, 15) is 10.1 Å². The van der Waals surface area contributed by atoms with Crippen LogP contribution in [0.4, 0.5) is 5.69 Å². The van der Waals surface area contributed by atoms with Gasteiger partial charge in [-0.3, -0.25) is 0 Å². The van der Waals surface area contributed by atoms with Gasteiger partial charge in [-0.1, -0.05) is 53.5 Å². The molecule has 5 nitrogen and oxygen atoms in total. The van der Waals surface area contributed by atoms with Gasteiger partial charge in [0, 0.05) is 22.0 Å². The topological polar surface area (TPSA) is 78.9 Å². The molecule has 160 valence electrons. The van der Waals surface area contributed by atoms with Crippen LogP contribution in [0, 0.1) is 11.3 Å². The van der Waals surface area contributed by atoms with Gasteiger partial charge in [0.2, 0.25) is 0 Å². The third-order valence-electron chi connectivity index (χ3n) is 5.08. The molecule has 0 radical (unpaired) electrons. The zero-order chi connectivity index (χ0) is 22.9. The Morgan fingerprint density at radius 3 is 2.76 bits per heavy atom. The monoisotopic (exact) mass is 489 g/mol. The van der Waals surface area contributed by atoms with Gasteiger partial charge in [0.1, 0.15) is 22.2 Å². The van der Waals surface area contributed by atoms with E-state index >= 15 is 0 Å². The Hall–Kier alpha value is -3.63. The molecule has 2 heterocycles. The van der Waals surface area contributed by atoms with Gasteiger partial charge < -0.3 is 9.73 Å². The Kier molecular flexibility index (Phi) is 5.61. The Bertz CT molecular complexity index is 1660. The quantitative estimate of drug-likeness (QED) is 0.162. The molecule has 0 bridgehead atoms. The molecule has 0 saturated heterocycles. The normalized spacial score (nSPS) is 11.6. The molecule has 2 aromatic heterocycles. The Morgan fingerprint density at radius 1 is 1.09 bits per heavy atom. The average molecular weight is 490 g/mol. The van der Waals surface area contributed by atoms with Crippen molar-refractivity contribution in [3.05, 3.63) is 97.7 Å². The first-order valence-electron chi connectivity index (χ1n) is 9.77. The highest BCUT2D eigenvalue weighted by molar-refractivity contribution is 7.11. The average Bonchev–Trinajstić information content (AvgIpc) is 3.30. The van der Waals surface area contributed by atoms with Crippen LogP contribution in [0.25, 0.3) is 38.6 Å². The number of nitrogens with one attached hydrogen (secondary N) is 1. The van der Waals surface area contributed by atoms with Gasteiger partial charge in [-0.05, 0) is 41.1 Å². The Balaban J connectivity index is 1.53. The number of hydrogen-bond donors (Lipinski definition) is 1. The third kappa shape index (κ3) is 4.10. The van der Waals surface area contributed by atoms with E-state index in [-0.39, 0.29) is 0 Å². The molecular formula is C25H13Cl2N3O2S. The summed E-state index contributed by atoms with van der Waals surface area (Å²) >= 11 is 13.4. The van der Waals surface area contributed by atoms with Crippen LogP contribution in [0.2, 0.25) is 10.0 Å². The Labute approximate surface area is 202 Å². The molecule has 0 unspecified atom stereocenters. The molecule has 5 rings (SSSR count). The van der Waals surface area contributed by atoms with Gasteiger partial charge in [-0.25, -0.2) is 9.78 Å². The van der Waals surface area contributed by atoms with Crippen molar-refractivity contribution in [3.63, 3.8) is 0 Å². The lowest BCUT2D eigenvalue weighted by Crippen LogP contribution is -2.03. The second-order valence-electron chi connectivity index (χ2n) is 7.12. The van der Waals surface area contributed by atoms with E-state index < -0.39 is 5.63 Å². The van der Waals surface area contributed by atoms with Crippen LogP contribution in [-0.4, -0.2) is 4.98 Å². The fourth-order valence-corrected chi connectivity index (χ4v) is 4.72. The van der Waals surface area contributed by atoms with Crippen molar-refractivity contribution in [2.75, 3.05) is 5.32 Å². The zero-order valence-corrected chi connectivity index (χ0v) is 19.1. The number of fused-ring (bicyclic) bond motifs is 3. The van der Waals surface area contributed by atoms with Gasteiger partial charge in [0.15, 0.2) is 0 Å². The molecule has 0 aliphatic heterocycles. The SMILES string of the molecule is N#CC(=CNc1ccc(Cl)cc1Cl)c1nc(-c2cc3c(ccc4ccccc43)oc2=O)cs1. The summed E-state index contributed by atoms with van der Waals surface area (Å²) in [5.74, 6) is 0. The second-order valence-corrected chi connectivity index (χ2v) is 8.82. The highest BCUT2D eigenvalue weighted by Gasteiger charge is 2.15. The van der Waals surface area contributed by atoms with Crippen LogP contribution in [-0.2, 0) is 0 Å². The molecule has 0 atom stereocenters. The van der Waals surface area contributed by atoms with E-state index in [1.54, 1.807) is 35.7 Å². The number of halogens is 2. The highest BCUT2D eigenvalue weighted by Crippen LogP contribution is 2.30. The maximum absolute atomic E-state index is 12.7. The van der Waals surface area contributed by atoms with E-state index in [1.807, 2.05) is 30.3 Å². The zero-order valence-electron chi connectivity index (χ0n) is 16.8. The summed E-state index contributed by atoms with van der Waals surface area (Å²) in [6, 6.07) is 20.5. The van der Waals surface area contributed by atoms with Crippen molar-refractivity contribution in [2.45, 2.75) is 0 Å². The number of nitrogens with zero attached hydrogens (tertiary/aromatic N) is 2. The van der Waals surface area contributed by atoms with Crippen molar-refractivity contribution in [3.8, 4) is 17.3 Å². The molecule has 0 amide bonds. The maximum Gasteiger partial charge on any atom is 0.345 e. The summed E-state index contributed by atoms with van der Waals surface area (Å²) in [6.45, 7) is 0. The van der Waals surface area contributed by atoms with Gasteiger partial charge in [0.05, 0.1) is 22.0 Å². The van der Waals surface area contributed by atoms with Crippen molar-refractivity contribution in [1.82, 2.24) is 4.98 Å². The largest absolute Gasteiger partial charge is 0.422 e. The third-order valence-corrected chi connectivity index (χ3v) is 6.50. The molecular weight excluding hydrogens is 477 g/mol. The van der Waals surface area contributed by atoms with E-state index in [0.717, 1.165) is 16.2 Å². The van der Waals surface area contributed by atoms with Crippen LogP contribution in [0.1, 0.15) is 5.01 Å². The fourth-order valence-electron chi connectivity index (χ4n) is 3.47. The van der Waals surface area contributed by atoms with Crippen LogP contribution in [0.15, 0.2) is 81.5 Å². The minimum Gasteiger partial charge on any atom is -0.422 e. The number of nitriles is 1. The molecule has 3 aromatic carbocycles. The van der Waals surface area contributed by atoms with Crippen LogP contribution in [0.5, 0.6) is 0 Å². The summed E-state index contributed by atoms with van der Waals surface area (Å²) < 4.78 is 5.57. The van der Waals surface area contributed by atoms with E-state index in [0.29, 0.717) is 43.2 Å². The van der Waals surface area contributed by atoms with Crippen molar-refractivity contribution in [1.29, 1.82) is 5.26 Å². The minimum atomic E-state index is -0.483. The second kappa shape index (κ2) is 8.72. The van der Waals surface area contributed by atoms with Crippen molar-refractivity contribution in [2.24, 2.45) is 0 Å². The molecule has 33 heavy (non-hydrogen) atoms. The molecule has 0 spiro atoms. The lowest BCUT2D eigenvalue weighted by molar-refractivity contribution is 0.563. The first-order chi connectivity index (χ1) is 16.0. The molecule has 0 saturated carbocycles. The van der Waals surface area contributed by atoms with Gasteiger partial charge in [0.25, 0.3) is 0 Å². The van der Waals surface area contributed by atoms with E-state index in [2.05, 4.69) is 16.4 Å². The predicted molar refractivity (Wildman–Crippen MR) is 135 cm³/mol. The number of thiazole rings is 1. The Morgan fingerprint density at radius 2 is 1.94 bits per heavy atom. The van der Waals surface area contributed by atoms with E-state index in [1.165, 1.54) is 17.5 Å².